The van der Waals surface area contributed by atoms with Gasteiger partial charge in [0.1, 0.15) is 12.7 Å². The van der Waals surface area contributed by atoms with E-state index >= 15 is 0 Å². The normalized spacial score (nSPS) is 15.1. The third kappa shape index (κ3) is 7.12. The number of aliphatic imine (C=N–C) groups is 1. The number of para-hydroxylation sites is 2. The zero-order chi connectivity index (χ0) is 19.6. The van der Waals surface area contributed by atoms with Gasteiger partial charge in [-0.3, -0.25) is 9.79 Å². The van der Waals surface area contributed by atoms with E-state index in [9.17, 15) is 4.79 Å². The number of halogens is 1. The zero-order valence-corrected chi connectivity index (χ0v) is 18.7. The number of benzene rings is 2. The van der Waals surface area contributed by atoms with Gasteiger partial charge in [0.2, 0.25) is 0 Å². The molecule has 156 valence electrons. The monoisotopic (exact) mass is 510 g/mol. The number of guanidine groups is 1. The van der Waals surface area contributed by atoms with Crippen molar-refractivity contribution >= 4 is 35.8 Å². The summed E-state index contributed by atoms with van der Waals surface area (Å²) in [6.07, 6.45) is 0.703. The van der Waals surface area contributed by atoms with Crippen LogP contribution in [0.15, 0.2) is 59.6 Å². The van der Waals surface area contributed by atoms with Crippen LogP contribution in [0.25, 0.3) is 0 Å². The molecule has 0 fully saturated rings. The van der Waals surface area contributed by atoms with E-state index in [1.165, 1.54) is 0 Å². The van der Waals surface area contributed by atoms with Crippen molar-refractivity contribution in [3.8, 4) is 11.5 Å². The first-order valence-corrected chi connectivity index (χ1v) is 9.42. The van der Waals surface area contributed by atoms with E-state index in [2.05, 4.69) is 20.9 Å². The van der Waals surface area contributed by atoms with E-state index in [1.54, 1.807) is 19.2 Å². The minimum Gasteiger partial charge on any atom is -0.486 e. The Morgan fingerprint density at radius 2 is 1.69 bits per heavy atom. The summed E-state index contributed by atoms with van der Waals surface area (Å²) >= 11 is 0. The van der Waals surface area contributed by atoms with Crippen molar-refractivity contribution in [2.75, 3.05) is 33.3 Å². The first-order chi connectivity index (χ1) is 13.8. The van der Waals surface area contributed by atoms with E-state index in [0.717, 1.165) is 17.9 Å². The molecular formula is C21H27IN4O3. The van der Waals surface area contributed by atoms with Gasteiger partial charge in [0.05, 0.1) is 6.54 Å². The van der Waals surface area contributed by atoms with E-state index in [4.69, 9.17) is 9.47 Å². The number of ether oxygens (including phenoxy) is 2. The average Bonchev–Trinajstić information content (AvgIpc) is 2.76. The Kier molecular flexibility index (Phi) is 9.55. The molecule has 0 saturated carbocycles. The van der Waals surface area contributed by atoms with Crippen molar-refractivity contribution in [3.63, 3.8) is 0 Å². The Bertz CT molecular complexity index is 802. The Morgan fingerprint density at radius 1 is 1.00 bits per heavy atom. The summed E-state index contributed by atoms with van der Waals surface area (Å²) in [6, 6.07) is 16.8. The standard InChI is InChI=1S/C21H26N4O3.HI/c1-22-21(24-13-7-12-23-20(26)16-8-3-2-4-9-16)25-14-17-15-27-18-10-5-6-11-19(18)28-17;/h2-6,8-11,17H,7,12-15H2,1H3,(H,23,26)(H2,22,24,25);1H. The number of carbonyl (C=O) groups excluding carboxylic acids is 1. The quantitative estimate of drug-likeness (QED) is 0.231. The van der Waals surface area contributed by atoms with Gasteiger partial charge in [0, 0.05) is 25.7 Å². The van der Waals surface area contributed by atoms with Crippen molar-refractivity contribution in [2.24, 2.45) is 4.99 Å². The van der Waals surface area contributed by atoms with E-state index in [-0.39, 0.29) is 36.0 Å². The van der Waals surface area contributed by atoms with Crippen LogP contribution in [0.2, 0.25) is 0 Å². The highest BCUT2D eigenvalue weighted by Gasteiger charge is 2.20. The van der Waals surface area contributed by atoms with Gasteiger partial charge in [-0.25, -0.2) is 0 Å². The summed E-state index contributed by atoms with van der Waals surface area (Å²) in [5.74, 6) is 2.17. The molecular weight excluding hydrogens is 483 g/mol. The van der Waals surface area contributed by atoms with Crippen molar-refractivity contribution in [2.45, 2.75) is 12.5 Å². The second-order valence-electron chi connectivity index (χ2n) is 6.35. The molecule has 1 heterocycles. The molecule has 7 nitrogen and oxygen atoms in total. The van der Waals surface area contributed by atoms with Gasteiger partial charge in [0.25, 0.3) is 5.91 Å². The second kappa shape index (κ2) is 12.2. The predicted octanol–water partition coefficient (Wildman–Crippen LogP) is 2.43. The van der Waals surface area contributed by atoms with Gasteiger partial charge in [-0.05, 0) is 30.7 Å². The molecule has 0 aliphatic carbocycles. The van der Waals surface area contributed by atoms with Crippen LogP contribution in [-0.2, 0) is 0 Å². The lowest BCUT2D eigenvalue weighted by Gasteiger charge is -2.27. The van der Waals surface area contributed by atoms with Crippen LogP contribution in [0.3, 0.4) is 0 Å². The van der Waals surface area contributed by atoms with Gasteiger partial charge in [-0.15, -0.1) is 24.0 Å². The van der Waals surface area contributed by atoms with Gasteiger partial charge in [0.15, 0.2) is 17.5 Å². The van der Waals surface area contributed by atoms with E-state index < -0.39 is 0 Å². The Hall–Kier alpha value is -2.49. The van der Waals surface area contributed by atoms with Gasteiger partial charge in [-0.1, -0.05) is 30.3 Å². The third-order valence-corrected chi connectivity index (χ3v) is 4.26. The first kappa shape index (κ1) is 22.8. The fraction of sp³-hybridized carbons (Fsp3) is 0.333. The summed E-state index contributed by atoms with van der Waals surface area (Å²) in [4.78, 5) is 16.2. The lowest BCUT2D eigenvalue weighted by atomic mass is 10.2. The molecule has 0 bridgehead atoms. The Labute approximate surface area is 188 Å². The molecule has 0 aromatic heterocycles. The average molecular weight is 510 g/mol. The van der Waals surface area contributed by atoms with Crippen molar-refractivity contribution in [3.05, 3.63) is 60.2 Å². The fourth-order valence-corrected chi connectivity index (χ4v) is 2.78. The summed E-state index contributed by atoms with van der Waals surface area (Å²) in [5.41, 5.74) is 0.671. The predicted molar refractivity (Wildman–Crippen MR) is 125 cm³/mol. The number of nitrogens with one attached hydrogen (secondary N) is 3. The molecule has 1 aliphatic heterocycles. The van der Waals surface area contributed by atoms with Crippen LogP contribution in [0.1, 0.15) is 16.8 Å². The minimum absolute atomic E-state index is 0. The van der Waals surface area contributed by atoms with Gasteiger partial charge >= 0.3 is 0 Å². The molecule has 8 heteroatoms. The van der Waals surface area contributed by atoms with Gasteiger partial charge in [-0.2, -0.15) is 0 Å². The van der Waals surface area contributed by atoms with E-state index in [0.29, 0.717) is 37.8 Å². The SMILES string of the molecule is CN=C(NCCCNC(=O)c1ccccc1)NCC1COc2ccccc2O1.I. The molecule has 2 aromatic carbocycles. The molecule has 1 unspecified atom stereocenters. The van der Waals surface area contributed by atoms with E-state index in [1.807, 2.05) is 42.5 Å². The highest BCUT2D eigenvalue weighted by atomic mass is 127. The number of rotatable bonds is 7. The lowest BCUT2D eigenvalue weighted by Crippen LogP contribution is -2.45. The zero-order valence-electron chi connectivity index (χ0n) is 16.4. The number of fused-ring (bicyclic) bond motifs is 1. The smallest absolute Gasteiger partial charge is 0.251 e. The second-order valence-corrected chi connectivity index (χ2v) is 6.35. The summed E-state index contributed by atoms with van der Waals surface area (Å²) in [7, 11) is 1.72. The molecule has 2 aromatic rings. The van der Waals surface area contributed by atoms with Crippen LogP contribution in [0.5, 0.6) is 11.5 Å². The van der Waals surface area contributed by atoms with Crippen molar-refractivity contribution in [1.29, 1.82) is 0 Å². The summed E-state index contributed by atoms with van der Waals surface area (Å²) in [6.45, 7) is 2.36. The maximum absolute atomic E-state index is 12.0. The van der Waals surface area contributed by atoms with Crippen LogP contribution < -0.4 is 25.4 Å². The summed E-state index contributed by atoms with van der Waals surface area (Å²) in [5, 5.41) is 9.38. The number of hydrogen-bond acceptors (Lipinski definition) is 4. The highest BCUT2D eigenvalue weighted by Crippen LogP contribution is 2.30. The number of nitrogens with zero attached hydrogens (tertiary/aromatic N) is 1. The van der Waals surface area contributed by atoms with Crippen LogP contribution in [0, 0.1) is 0 Å². The van der Waals surface area contributed by atoms with Crippen molar-refractivity contribution < 1.29 is 14.3 Å². The Balaban J connectivity index is 0.00000300. The molecule has 1 atom stereocenters. The number of amides is 1. The third-order valence-electron chi connectivity index (χ3n) is 4.26. The molecule has 29 heavy (non-hydrogen) atoms. The first-order valence-electron chi connectivity index (χ1n) is 9.42. The molecule has 0 radical (unpaired) electrons. The molecule has 0 spiro atoms. The molecule has 1 aliphatic rings. The lowest BCUT2D eigenvalue weighted by molar-refractivity contribution is 0.0936. The highest BCUT2D eigenvalue weighted by molar-refractivity contribution is 14.0. The topological polar surface area (TPSA) is 84.0 Å². The van der Waals surface area contributed by atoms with Crippen molar-refractivity contribution in [1.82, 2.24) is 16.0 Å². The Morgan fingerprint density at radius 3 is 2.45 bits per heavy atom. The van der Waals surface area contributed by atoms with Gasteiger partial charge < -0.3 is 25.4 Å². The molecule has 1 amide bonds. The fourth-order valence-electron chi connectivity index (χ4n) is 2.78. The summed E-state index contributed by atoms with van der Waals surface area (Å²) < 4.78 is 11.6. The number of hydrogen-bond donors (Lipinski definition) is 3. The molecule has 0 saturated heterocycles. The van der Waals surface area contributed by atoms with Crippen LogP contribution >= 0.6 is 24.0 Å². The number of carbonyl (C=O) groups is 1. The minimum atomic E-state index is -0.0846. The largest absolute Gasteiger partial charge is 0.486 e. The molecule has 3 N–H and O–H groups in total. The van der Waals surface area contributed by atoms with Crippen LogP contribution in [0.4, 0.5) is 0 Å². The maximum Gasteiger partial charge on any atom is 0.251 e. The maximum atomic E-state index is 12.0. The van der Waals surface area contributed by atoms with Crippen LogP contribution in [-0.4, -0.2) is 51.3 Å². The molecule has 3 rings (SSSR count).